The molecule has 0 aliphatic heterocycles. The largest absolute Gasteiger partial charge is 0.326 e. The van der Waals surface area contributed by atoms with Gasteiger partial charge in [0, 0.05) is 12.7 Å². The van der Waals surface area contributed by atoms with Gasteiger partial charge in [0.15, 0.2) is 0 Å². The van der Waals surface area contributed by atoms with Crippen molar-refractivity contribution in [2.24, 2.45) is 5.92 Å². The average Bonchev–Trinajstić information content (AvgIpc) is 2.04. The van der Waals surface area contributed by atoms with Crippen LogP contribution in [-0.2, 0) is 0 Å². The molecule has 0 saturated carbocycles. The van der Waals surface area contributed by atoms with Crippen LogP contribution in [0.3, 0.4) is 0 Å². The average molecular weight is 170 g/mol. The molecule has 2 heteroatoms. The van der Waals surface area contributed by atoms with Crippen molar-refractivity contribution in [3.8, 4) is 0 Å². The van der Waals surface area contributed by atoms with E-state index in [0.717, 1.165) is 5.92 Å². The molecule has 0 heterocycles. The van der Waals surface area contributed by atoms with Crippen molar-refractivity contribution in [1.82, 2.24) is 10.9 Å². The van der Waals surface area contributed by atoms with Gasteiger partial charge < -0.3 is 5.43 Å². The van der Waals surface area contributed by atoms with Crippen molar-refractivity contribution < 1.29 is 0 Å². The minimum Gasteiger partial charge on any atom is -0.326 e. The Balaban J connectivity index is 3.97. The Hall–Kier alpha value is -0.500. The summed E-state index contributed by atoms with van der Waals surface area (Å²) in [5.41, 5.74) is 8.73. The lowest BCUT2D eigenvalue weighted by molar-refractivity contribution is 0.548. The Morgan fingerprint density at radius 3 is 2.33 bits per heavy atom. The second-order valence-corrected chi connectivity index (χ2v) is 3.50. The SMILES string of the molecule is CCC(C)C/C(C)=C(\C)NNC. The summed E-state index contributed by atoms with van der Waals surface area (Å²) in [6.07, 6.45) is 2.45. The maximum atomic E-state index is 3.10. The summed E-state index contributed by atoms with van der Waals surface area (Å²) >= 11 is 0. The molecule has 0 amide bonds. The van der Waals surface area contributed by atoms with Gasteiger partial charge in [-0.05, 0) is 26.2 Å². The van der Waals surface area contributed by atoms with Gasteiger partial charge in [0.25, 0.3) is 0 Å². The van der Waals surface area contributed by atoms with Gasteiger partial charge in [-0.25, -0.2) is 5.43 Å². The van der Waals surface area contributed by atoms with Gasteiger partial charge in [-0.1, -0.05) is 25.8 Å². The summed E-state index contributed by atoms with van der Waals surface area (Å²) in [7, 11) is 1.89. The normalized spacial score (nSPS) is 15.4. The molecule has 12 heavy (non-hydrogen) atoms. The topological polar surface area (TPSA) is 24.1 Å². The van der Waals surface area contributed by atoms with Crippen molar-refractivity contribution in [3.05, 3.63) is 11.3 Å². The van der Waals surface area contributed by atoms with E-state index in [-0.39, 0.29) is 0 Å². The van der Waals surface area contributed by atoms with Crippen molar-refractivity contribution in [2.75, 3.05) is 7.05 Å². The van der Waals surface area contributed by atoms with E-state index in [1.54, 1.807) is 0 Å². The fourth-order valence-corrected chi connectivity index (χ4v) is 1.11. The first-order chi connectivity index (χ1) is 5.61. The summed E-state index contributed by atoms with van der Waals surface area (Å²) in [6.45, 7) is 8.81. The maximum absolute atomic E-state index is 3.10. The summed E-state index contributed by atoms with van der Waals surface area (Å²) in [6, 6.07) is 0. The van der Waals surface area contributed by atoms with Crippen LogP contribution < -0.4 is 10.9 Å². The molecule has 1 unspecified atom stereocenters. The minimum absolute atomic E-state index is 0.790. The molecule has 2 N–H and O–H groups in total. The van der Waals surface area contributed by atoms with Crippen LogP contribution in [0.4, 0.5) is 0 Å². The summed E-state index contributed by atoms with van der Waals surface area (Å²) in [4.78, 5) is 0. The number of hydrogen-bond donors (Lipinski definition) is 2. The predicted molar refractivity (Wildman–Crippen MR) is 54.6 cm³/mol. The van der Waals surface area contributed by atoms with E-state index >= 15 is 0 Å². The first-order valence-corrected chi connectivity index (χ1v) is 4.70. The molecule has 2 nitrogen and oxygen atoms in total. The summed E-state index contributed by atoms with van der Waals surface area (Å²) in [5, 5.41) is 0. The van der Waals surface area contributed by atoms with Gasteiger partial charge >= 0.3 is 0 Å². The Morgan fingerprint density at radius 1 is 1.33 bits per heavy atom. The number of hydrogen-bond acceptors (Lipinski definition) is 2. The summed E-state index contributed by atoms with van der Waals surface area (Å²) in [5.74, 6) is 0.790. The van der Waals surface area contributed by atoms with Gasteiger partial charge in [0.2, 0.25) is 0 Å². The second-order valence-electron chi connectivity index (χ2n) is 3.50. The highest BCUT2D eigenvalue weighted by Gasteiger charge is 2.02. The van der Waals surface area contributed by atoms with Gasteiger partial charge in [0.05, 0.1) is 0 Å². The zero-order valence-corrected chi connectivity index (χ0v) is 8.99. The van der Waals surface area contributed by atoms with Gasteiger partial charge in [-0.3, -0.25) is 0 Å². The van der Waals surface area contributed by atoms with Crippen LogP contribution in [0.15, 0.2) is 11.3 Å². The molecule has 0 aromatic carbocycles. The zero-order chi connectivity index (χ0) is 9.56. The quantitative estimate of drug-likeness (QED) is 0.619. The predicted octanol–water partition coefficient (Wildman–Crippen LogP) is 2.44. The first-order valence-electron chi connectivity index (χ1n) is 4.70. The van der Waals surface area contributed by atoms with Crippen molar-refractivity contribution in [3.63, 3.8) is 0 Å². The Bertz CT molecular complexity index is 150. The number of nitrogens with one attached hydrogen (secondary N) is 2. The molecule has 0 aromatic heterocycles. The van der Waals surface area contributed by atoms with Crippen molar-refractivity contribution in [1.29, 1.82) is 0 Å². The van der Waals surface area contributed by atoms with E-state index in [1.807, 2.05) is 7.05 Å². The third-order valence-corrected chi connectivity index (χ3v) is 2.30. The number of hydrazine groups is 1. The molecule has 72 valence electrons. The van der Waals surface area contributed by atoms with Crippen LogP contribution in [0.2, 0.25) is 0 Å². The Morgan fingerprint density at radius 2 is 1.92 bits per heavy atom. The van der Waals surface area contributed by atoms with E-state index in [1.165, 1.54) is 24.1 Å². The van der Waals surface area contributed by atoms with Gasteiger partial charge in [-0.2, -0.15) is 0 Å². The molecule has 0 bridgehead atoms. The second kappa shape index (κ2) is 6.06. The minimum atomic E-state index is 0.790. The fraction of sp³-hybridized carbons (Fsp3) is 0.800. The van der Waals surface area contributed by atoms with E-state index in [2.05, 4.69) is 38.5 Å². The van der Waals surface area contributed by atoms with Crippen molar-refractivity contribution >= 4 is 0 Å². The molecule has 0 spiro atoms. The van der Waals surface area contributed by atoms with E-state index in [9.17, 15) is 0 Å². The molecule has 0 aliphatic rings. The highest BCUT2D eigenvalue weighted by Crippen LogP contribution is 2.15. The Kier molecular flexibility index (Phi) is 5.81. The smallest absolute Gasteiger partial charge is 0.0220 e. The zero-order valence-electron chi connectivity index (χ0n) is 8.99. The Labute approximate surface area is 76.4 Å². The monoisotopic (exact) mass is 170 g/mol. The van der Waals surface area contributed by atoms with Crippen LogP contribution >= 0.6 is 0 Å². The van der Waals surface area contributed by atoms with E-state index in [4.69, 9.17) is 0 Å². The lowest BCUT2D eigenvalue weighted by Gasteiger charge is -2.13. The van der Waals surface area contributed by atoms with Crippen LogP contribution in [0, 0.1) is 5.92 Å². The fourth-order valence-electron chi connectivity index (χ4n) is 1.11. The maximum Gasteiger partial charge on any atom is 0.0220 e. The molecular formula is C10H22N2. The lowest BCUT2D eigenvalue weighted by Crippen LogP contribution is -2.26. The third kappa shape index (κ3) is 4.39. The van der Waals surface area contributed by atoms with Crippen LogP contribution in [0.25, 0.3) is 0 Å². The van der Waals surface area contributed by atoms with E-state index < -0.39 is 0 Å². The summed E-state index contributed by atoms with van der Waals surface area (Å²) < 4.78 is 0. The van der Waals surface area contributed by atoms with Gasteiger partial charge in [0.1, 0.15) is 0 Å². The lowest BCUT2D eigenvalue weighted by atomic mass is 9.99. The number of allylic oxidation sites excluding steroid dienone is 2. The molecule has 0 radical (unpaired) electrons. The molecule has 0 aromatic rings. The molecule has 0 saturated heterocycles. The highest BCUT2D eigenvalue weighted by atomic mass is 15.3. The molecule has 0 aliphatic carbocycles. The van der Waals surface area contributed by atoms with Gasteiger partial charge in [-0.15, -0.1) is 0 Å². The molecule has 0 rings (SSSR count). The molecule has 1 atom stereocenters. The highest BCUT2D eigenvalue weighted by molar-refractivity contribution is 5.07. The molecule has 0 fully saturated rings. The number of rotatable bonds is 5. The van der Waals surface area contributed by atoms with E-state index in [0.29, 0.717) is 0 Å². The standard InChI is InChI=1S/C10H22N2/c1-6-8(2)7-9(3)10(4)12-11-5/h8,11-12H,6-7H2,1-5H3/b10-9+. The van der Waals surface area contributed by atoms with Crippen LogP contribution in [0.5, 0.6) is 0 Å². The van der Waals surface area contributed by atoms with Crippen molar-refractivity contribution in [2.45, 2.75) is 40.5 Å². The third-order valence-electron chi connectivity index (χ3n) is 2.30. The first kappa shape index (κ1) is 11.5. The molecular weight excluding hydrogens is 148 g/mol. The van der Waals surface area contributed by atoms with Crippen LogP contribution in [0.1, 0.15) is 40.5 Å². The van der Waals surface area contributed by atoms with Crippen LogP contribution in [-0.4, -0.2) is 7.05 Å².